The van der Waals surface area contributed by atoms with E-state index in [4.69, 9.17) is 9.26 Å². The standard InChI is InChI=1S/C8H17O2P/c1-6-3-8(9-2)4-7(6)5-10-11/h6-8H,3-5,11H2,1-2H3. The van der Waals surface area contributed by atoms with Crippen LogP contribution < -0.4 is 0 Å². The fourth-order valence-corrected chi connectivity index (χ4v) is 2.07. The average Bonchev–Trinajstić information content (AvgIpc) is 2.33. The molecule has 0 N–H and O–H groups in total. The second kappa shape index (κ2) is 4.39. The number of hydrogen-bond donors (Lipinski definition) is 0. The summed E-state index contributed by atoms with van der Waals surface area (Å²) in [5.74, 6) is 1.44. The van der Waals surface area contributed by atoms with Gasteiger partial charge in [-0.05, 0) is 24.7 Å². The van der Waals surface area contributed by atoms with Crippen LogP contribution in [0.3, 0.4) is 0 Å². The molecule has 2 nitrogen and oxygen atoms in total. The Hall–Kier alpha value is 0.350. The number of ether oxygens (including phenoxy) is 1. The minimum atomic E-state index is 0.468. The van der Waals surface area contributed by atoms with Crippen molar-refractivity contribution in [3.8, 4) is 0 Å². The average molecular weight is 176 g/mol. The first-order valence-corrected chi connectivity index (χ1v) is 4.59. The zero-order valence-electron chi connectivity index (χ0n) is 7.25. The molecule has 1 rings (SSSR count). The van der Waals surface area contributed by atoms with E-state index < -0.39 is 0 Å². The minimum absolute atomic E-state index is 0.468. The largest absolute Gasteiger partial charge is 0.381 e. The molecule has 0 heterocycles. The normalized spacial score (nSPS) is 37.9. The van der Waals surface area contributed by atoms with Crippen LogP contribution in [0.4, 0.5) is 0 Å². The third kappa shape index (κ3) is 2.40. The van der Waals surface area contributed by atoms with Gasteiger partial charge in [0.05, 0.1) is 12.7 Å². The first-order chi connectivity index (χ1) is 5.27. The molecule has 0 aromatic carbocycles. The molecule has 0 radical (unpaired) electrons. The van der Waals surface area contributed by atoms with Gasteiger partial charge in [0, 0.05) is 16.6 Å². The van der Waals surface area contributed by atoms with Crippen molar-refractivity contribution in [2.45, 2.75) is 25.9 Å². The fourth-order valence-electron chi connectivity index (χ4n) is 1.82. The highest BCUT2D eigenvalue weighted by atomic mass is 31.0. The van der Waals surface area contributed by atoms with Crippen LogP contribution >= 0.6 is 9.47 Å². The van der Waals surface area contributed by atoms with E-state index in [1.807, 2.05) is 0 Å². The first-order valence-electron chi connectivity index (χ1n) is 4.12. The number of rotatable bonds is 3. The Balaban J connectivity index is 2.32. The van der Waals surface area contributed by atoms with Crippen molar-refractivity contribution >= 4 is 9.47 Å². The second-order valence-corrected chi connectivity index (χ2v) is 3.73. The summed E-state index contributed by atoms with van der Waals surface area (Å²) in [5, 5.41) is 0. The van der Waals surface area contributed by atoms with Crippen molar-refractivity contribution in [3.63, 3.8) is 0 Å². The highest BCUT2D eigenvalue weighted by molar-refractivity contribution is 7.09. The highest BCUT2D eigenvalue weighted by Crippen LogP contribution is 2.33. The quantitative estimate of drug-likeness (QED) is 0.611. The molecule has 3 heteroatoms. The summed E-state index contributed by atoms with van der Waals surface area (Å²) in [5.41, 5.74) is 0. The molecule has 11 heavy (non-hydrogen) atoms. The highest BCUT2D eigenvalue weighted by Gasteiger charge is 2.30. The fraction of sp³-hybridized carbons (Fsp3) is 1.00. The maximum atomic E-state index is 5.30. The van der Waals surface area contributed by atoms with Crippen molar-refractivity contribution in [2.75, 3.05) is 13.7 Å². The summed E-state index contributed by atoms with van der Waals surface area (Å²) >= 11 is 0. The molecule has 0 saturated heterocycles. The molecule has 0 aromatic heterocycles. The van der Waals surface area contributed by atoms with Crippen LogP contribution in [-0.2, 0) is 9.26 Å². The number of methoxy groups -OCH3 is 1. The van der Waals surface area contributed by atoms with E-state index in [0.717, 1.165) is 18.9 Å². The van der Waals surface area contributed by atoms with Crippen LogP contribution in [0, 0.1) is 11.8 Å². The third-order valence-electron chi connectivity index (χ3n) is 2.65. The SMILES string of the molecule is COC1CC(C)C(COP)C1. The van der Waals surface area contributed by atoms with Crippen molar-refractivity contribution < 1.29 is 9.26 Å². The van der Waals surface area contributed by atoms with Crippen molar-refractivity contribution in [2.24, 2.45) is 11.8 Å². The molecular formula is C8H17O2P. The van der Waals surface area contributed by atoms with E-state index in [1.54, 1.807) is 7.11 Å². The van der Waals surface area contributed by atoms with E-state index >= 15 is 0 Å². The summed E-state index contributed by atoms with van der Waals surface area (Å²) < 4.78 is 10.3. The van der Waals surface area contributed by atoms with Gasteiger partial charge in [0.2, 0.25) is 0 Å². The Morgan fingerprint density at radius 3 is 2.64 bits per heavy atom. The predicted molar refractivity (Wildman–Crippen MR) is 48.3 cm³/mol. The Bertz CT molecular complexity index is 119. The van der Waals surface area contributed by atoms with E-state index in [0.29, 0.717) is 12.0 Å². The molecule has 0 aliphatic heterocycles. The lowest BCUT2D eigenvalue weighted by Gasteiger charge is -2.12. The lowest BCUT2D eigenvalue weighted by atomic mass is 10.00. The second-order valence-electron chi connectivity index (χ2n) is 3.40. The van der Waals surface area contributed by atoms with E-state index in [1.165, 1.54) is 6.42 Å². The van der Waals surface area contributed by atoms with Gasteiger partial charge in [-0.2, -0.15) is 0 Å². The minimum Gasteiger partial charge on any atom is -0.381 e. The molecule has 1 aliphatic rings. The van der Waals surface area contributed by atoms with Crippen molar-refractivity contribution in [1.82, 2.24) is 0 Å². The van der Waals surface area contributed by atoms with E-state index in [9.17, 15) is 0 Å². The van der Waals surface area contributed by atoms with Crippen LogP contribution in [0.5, 0.6) is 0 Å². The van der Waals surface area contributed by atoms with Crippen LogP contribution in [0.25, 0.3) is 0 Å². The third-order valence-corrected chi connectivity index (χ3v) is 2.84. The molecule has 4 atom stereocenters. The van der Waals surface area contributed by atoms with Gasteiger partial charge in [0.15, 0.2) is 0 Å². The van der Waals surface area contributed by atoms with Crippen LogP contribution in [0.2, 0.25) is 0 Å². The lowest BCUT2D eigenvalue weighted by molar-refractivity contribution is 0.102. The molecule has 1 saturated carbocycles. The molecule has 1 fully saturated rings. The molecule has 0 amide bonds. The van der Waals surface area contributed by atoms with E-state index in [2.05, 4.69) is 16.4 Å². The molecule has 66 valence electrons. The van der Waals surface area contributed by atoms with Crippen LogP contribution in [0.15, 0.2) is 0 Å². The Morgan fingerprint density at radius 1 is 1.45 bits per heavy atom. The maximum absolute atomic E-state index is 5.30. The zero-order valence-corrected chi connectivity index (χ0v) is 8.40. The monoisotopic (exact) mass is 176 g/mol. The molecule has 1 aliphatic carbocycles. The Kier molecular flexibility index (Phi) is 3.77. The van der Waals surface area contributed by atoms with Crippen molar-refractivity contribution in [1.29, 1.82) is 0 Å². The zero-order chi connectivity index (χ0) is 8.27. The van der Waals surface area contributed by atoms with Gasteiger partial charge >= 0.3 is 0 Å². The van der Waals surface area contributed by atoms with Gasteiger partial charge in [-0.15, -0.1) is 0 Å². The predicted octanol–water partition coefficient (Wildman–Crippen LogP) is 1.85. The summed E-state index contributed by atoms with van der Waals surface area (Å²) in [6.45, 7) is 3.12. The van der Waals surface area contributed by atoms with Gasteiger partial charge in [0.1, 0.15) is 0 Å². The topological polar surface area (TPSA) is 18.5 Å². The van der Waals surface area contributed by atoms with Gasteiger partial charge in [-0.1, -0.05) is 6.92 Å². The number of hydrogen-bond acceptors (Lipinski definition) is 2. The van der Waals surface area contributed by atoms with E-state index in [-0.39, 0.29) is 0 Å². The molecule has 0 spiro atoms. The summed E-state index contributed by atoms with van der Waals surface area (Å²) in [7, 11) is 4.10. The molecular weight excluding hydrogens is 159 g/mol. The Morgan fingerprint density at radius 2 is 2.18 bits per heavy atom. The van der Waals surface area contributed by atoms with Crippen LogP contribution in [-0.4, -0.2) is 19.8 Å². The smallest absolute Gasteiger partial charge is 0.0577 e. The lowest BCUT2D eigenvalue weighted by Crippen LogP contribution is -2.09. The maximum Gasteiger partial charge on any atom is 0.0577 e. The van der Waals surface area contributed by atoms with Gasteiger partial charge < -0.3 is 9.26 Å². The molecule has 0 bridgehead atoms. The molecule has 0 aromatic rings. The summed E-state index contributed by atoms with van der Waals surface area (Å²) in [4.78, 5) is 0. The van der Waals surface area contributed by atoms with Gasteiger partial charge in [0.25, 0.3) is 0 Å². The summed E-state index contributed by atoms with van der Waals surface area (Å²) in [6, 6.07) is 0. The first kappa shape index (κ1) is 9.44. The summed E-state index contributed by atoms with van der Waals surface area (Å²) in [6.07, 6.45) is 2.82. The van der Waals surface area contributed by atoms with Gasteiger partial charge in [-0.25, -0.2) is 0 Å². The van der Waals surface area contributed by atoms with Gasteiger partial charge in [-0.3, -0.25) is 0 Å². The Labute approximate surface area is 70.9 Å². The molecule has 4 unspecified atom stereocenters. The van der Waals surface area contributed by atoms with Crippen molar-refractivity contribution in [3.05, 3.63) is 0 Å². The van der Waals surface area contributed by atoms with Crippen LogP contribution in [0.1, 0.15) is 19.8 Å².